The van der Waals surface area contributed by atoms with Gasteiger partial charge in [-0.25, -0.2) is 15.0 Å². The van der Waals surface area contributed by atoms with E-state index in [0.717, 1.165) is 75.1 Å². The second-order valence-corrected chi connectivity index (χ2v) is 12.5. The van der Waals surface area contributed by atoms with E-state index in [0.29, 0.717) is 18.1 Å². The molecule has 2 aromatic heterocycles. The number of nitrogens with zero attached hydrogens (tertiary/aromatic N) is 4. The monoisotopic (exact) mass is 604 g/mol. The molecule has 2 N–H and O–H groups in total. The minimum Gasteiger partial charge on any atom is -0.381 e. The molecule has 3 aromatic rings. The highest BCUT2D eigenvalue weighted by Crippen LogP contribution is 2.45. The van der Waals surface area contributed by atoms with E-state index in [1.54, 1.807) is 6.20 Å². The maximum atomic E-state index is 13.7. The molecule has 0 saturated carbocycles. The number of carbonyl (C=O) groups is 1. The van der Waals surface area contributed by atoms with Crippen LogP contribution in [0.4, 0.5) is 23.4 Å². The van der Waals surface area contributed by atoms with Crippen LogP contribution in [0.2, 0.25) is 0 Å². The molecule has 8 nitrogen and oxygen atoms in total. The second kappa shape index (κ2) is 12.3. The van der Waals surface area contributed by atoms with Gasteiger partial charge in [0.05, 0.1) is 23.7 Å². The summed E-state index contributed by atoms with van der Waals surface area (Å²) in [6, 6.07) is 5.02. The van der Waals surface area contributed by atoms with Crippen LogP contribution in [0.15, 0.2) is 36.8 Å². The van der Waals surface area contributed by atoms with E-state index in [4.69, 9.17) is 4.74 Å². The summed E-state index contributed by atoms with van der Waals surface area (Å²) >= 11 is 1.81. The zero-order chi connectivity index (χ0) is 29.3. The van der Waals surface area contributed by atoms with Crippen molar-refractivity contribution in [1.82, 2.24) is 25.2 Å². The van der Waals surface area contributed by atoms with Crippen molar-refractivity contribution in [2.75, 3.05) is 38.2 Å². The number of fused-ring (bicyclic) bond motifs is 2. The van der Waals surface area contributed by atoms with Crippen LogP contribution >= 0.6 is 11.8 Å². The lowest BCUT2D eigenvalue weighted by molar-refractivity contribution is -0.137. The summed E-state index contributed by atoms with van der Waals surface area (Å²) in [6.45, 7) is 2.84. The smallest absolute Gasteiger partial charge is 0.381 e. The van der Waals surface area contributed by atoms with Crippen LogP contribution in [0.25, 0.3) is 10.9 Å². The van der Waals surface area contributed by atoms with Gasteiger partial charge in [0.25, 0.3) is 0 Å². The van der Waals surface area contributed by atoms with Gasteiger partial charge in [-0.1, -0.05) is 0 Å². The first-order valence-corrected chi connectivity index (χ1v) is 15.2. The first kappa shape index (κ1) is 29.1. The summed E-state index contributed by atoms with van der Waals surface area (Å²) in [7, 11) is 0. The minimum atomic E-state index is -4.51. The summed E-state index contributed by atoms with van der Waals surface area (Å²) in [4.78, 5) is 27.7. The Balaban J connectivity index is 1.15. The Morgan fingerprint density at radius 2 is 1.98 bits per heavy atom. The Hall–Kier alpha value is -3.03. The van der Waals surface area contributed by atoms with Crippen LogP contribution in [-0.2, 0) is 22.1 Å². The van der Waals surface area contributed by atoms with Gasteiger partial charge in [0.1, 0.15) is 12.1 Å². The van der Waals surface area contributed by atoms with E-state index in [2.05, 4.69) is 30.5 Å². The Labute approximate surface area is 245 Å². The Kier molecular flexibility index (Phi) is 8.51. The third-order valence-electron chi connectivity index (χ3n) is 8.31. The lowest BCUT2D eigenvalue weighted by atomic mass is 10.1. The summed E-state index contributed by atoms with van der Waals surface area (Å²) in [5.41, 5.74) is 1.59. The van der Waals surface area contributed by atoms with Crippen molar-refractivity contribution in [2.45, 2.75) is 60.9 Å². The van der Waals surface area contributed by atoms with E-state index in [1.165, 1.54) is 18.5 Å². The SMILES string of the molecule is O=C(CNc1ncnc2ccc(C(F)(F)F)cc12)NC1CN(C2CCCOCC2)C[C@@H]1SC1CCc2cc(F)ncc21. The number of halogens is 4. The minimum absolute atomic E-state index is 0.105. The van der Waals surface area contributed by atoms with Crippen LogP contribution in [0, 0.1) is 5.95 Å². The van der Waals surface area contributed by atoms with Crippen molar-refractivity contribution in [1.29, 1.82) is 0 Å². The van der Waals surface area contributed by atoms with E-state index in [1.807, 2.05) is 11.8 Å². The number of rotatable bonds is 7. The highest BCUT2D eigenvalue weighted by atomic mass is 32.2. The molecule has 2 fully saturated rings. The van der Waals surface area contributed by atoms with E-state index >= 15 is 0 Å². The van der Waals surface area contributed by atoms with Gasteiger partial charge in [0.2, 0.25) is 11.9 Å². The molecule has 0 radical (unpaired) electrons. The molecule has 3 aliphatic rings. The lowest BCUT2D eigenvalue weighted by Gasteiger charge is -2.26. The Bertz CT molecular complexity index is 1430. The number of nitrogens with one attached hydrogen (secondary N) is 2. The van der Waals surface area contributed by atoms with Crippen LogP contribution in [-0.4, -0.2) is 75.9 Å². The number of likely N-dealkylation sites (tertiary alicyclic amines) is 1. The molecular formula is C29H32F4N6O2S. The fraction of sp³-hybridized carbons (Fsp3) is 0.517. The third-order valence-corrected chi connectivity index (χ3v) is 9.96. The summed E-state index contributed by atoms with van der Waals surface area (Å²) < 4.78 is 59.3. The van der Waals surface area contributed by atoms with Crippen molar-refractivity contribution in [2.24, 2.45) is 0 Å². The quantitative estimate of drug-likeness (QED) is 0.295. The number of alkyl halides is 3. The van der Waals surface area contributed by atoms with Gasteiger partial charge in [-0.2, -0.15) is 17.6 Å². The predicted molar refractivity (Wildman–Crippen MR) is 152 cm³/mol. The van der Waals surface area contributed by atoms with Crippen LogP contribution < -0.4 is 10.6 Å². The Morgan fingerprint density at radius 1 is 1.10 bits per heavy atom. The zero-order valence-corrected chi connectivity index (χ0v) is 23.7. The number of carbonyl (C=O) groups excluding carboxylic acids is 1. The number of benzene rings is 1. The van der Waals surface area contributed by atoms with Gasteiger partial charge in [-0.3, -0.25) is 9.69 Å². The average molecular weight is 605 g/mol. The number of aromatic nitrogens is 3. The van der Waals surface area contributed by atoms with Crippen LogP contribution in [0.1, 0.15) is 47.6 Å². The van der Waals surface area contributed by atoms with Crippen molar-refractivity contribution in [3.8, 4) is 0 Å². The standard InChI is InChI=1S/C29H32F4N6O2S/c30-26-10-17-3-6-24(21(17)12-34-26)42-25-15-39(19-2-1-8-41-9-7-19)14-23(25)38-27(40)13-35-28-20-11-18(29(31,32)33)4-5-22(20)36-16-37-28/h4-5,10-12,16,19,23-25H,1-3,6-9,13-15H2,(H,38,40)(H,35,36,37)/t19?,23?,24?,25-/m0/s1. The fourth-order valence-electron chi connectivity index (χ4n) is 6.20. The molecule has 1 aliphatic carbocycles. The topological polar surface area (TPSA) is 92.3 Å². The van der Waals surface area contributed by atoms with Crippen LogP contribution in [0.3, 0.4) is 0 Å². The van der Waals surface area contributed by atoms with Crippen molar-refractivity contribution in [3.63, 3.8) is 0 Å². The summed E-state index contributed by atoms with van der Waals surface area (Å²) in [5, 5.41) is 6.57. The van der Waals surface area contributed by atoms with E-state index in [-0.39, 0.29) is 40.2 Å². The van der Waals surface area contributed by atoms with Gasteiger partial charge < -0.3 is 15.4 Å². The first-order chi connectivity index (χ1) is 20.2. The molecule has 0 bridgehead atoms. The first-order valence-electron chi connectivity index (χ1n) is 14.2. The molecule has 13 heteroatoms. The number of hydrogen-bond donors (Lipinski definition) is 2. The number of pyridine rings is 1. The average Bonchev–Trinajstić information content (AvgIpc) is 3.42. The number of thioether (sulfide) groups is 1. The van der Waals surface area contributed by atoms with Crippen molar-refractivity contribution < 1.29 is 27.1 Å². The maximum Gasteiger partial charge on any atom is 0.416 e. The zero-order valence-electron chi connectivity index (χ0n) is 22.9. The number of hydrogen-bond acceptors (Lipinski definition) is 8. The fourth-order valence-corrected chi connectivity index (χ4v) is 7.86. The molecule has 224 valence electrons. The highest BCUT2D eigenvalue weighted by molar-refractivity contribution is 8.00. The van der Waals surface area contributed by atoms with Crippen molar-refractivity contribution in [3.05, 3.63) is 59.4 Å². The molecule has 0 spiro atoms. The Morgan fingerprint density at radius 3 is 2.83 bits per heavy atom. The third kappa shape index (κ3) is 6.47. The lowest BCUT2D eigenvalue weighted by Crippen LogP contribution is -2.44. The summed E-state index contributed by atoms with van der Waals surface area (Å²) in [6.07, 6.45) is 3.05. The predicted octanol–water partition coefficient (Wildman–Crippen LogP) is 4.75. The molecule has 6 rings (SSSR count). The van der Waals surface area contributed by atoms with Gasteiger partial charge in [0, 0.05) is 54.4 Å². The second-order valence-electron chi connectivity index (χ2n) is 11.0. The molecule has 4 atom stereocenters. The maximum absolute atomic E-state index is 13.7. The molecule has 2 aliphatic heterocycles. The highest BCUT2D eigenvalue weighted by Gasteiger charge is 2.40. The molecule has 42 heavy (non-hydrogen) atoms. The molecule has 4 heterocycles. The molecule has 3 unspecified atom stereocenters. The van der Waals surface area contributed by atoms with Gasteiger partial charge in [-0.05, 0) is 67.5 Å². The normalized spacial score (nSPS) is 24.9. The van der Waals surface area contributed by atoms with Crippen LogP contribution in [0.5, 0.6) is 0 Å². The molecule has 2 saturated heterocycles. The molecular weight excluding hydrogens is 572 g/mol. The van der Waals surface area contributed by atoms with E-state index < -0.39 is 17.7 Å². The van der Waals surface area contributed by atoms with E-state index in [9.17, 15) is 22.4 Å². The molecule has 1 aromatic carbocycles. The number of anilines is 1. The van der Waals surface area contributed by atoms with Gasteiger partial charge in [-0.15, -0.1) is 11.8 Å². The number of amides is 1. The van der Waals surface area contributed by atoms with Gasteiger partial charge in [0.15, 0.2) is 0 Å². The van der Waals surface area contributed by atoms with Gasteiger partial charge >= 0.3 is 6.18 Å². The largest absolute Gasteiger partial charge is 0.416 e. The molecule has 1 amide bonds. The van der Waals surface area contributed by atoms with Crippen molar-refractivity contribution >= 4 is 34.4 Å². The number of aryl methyl sites for hydroxylation is 1. The number of ether oxygens (including phenoxy) is 1. The summed E-state index contributed by atoms with van der Waals surface area (Å²) in [5.74, 6) is -0.572.